The van der Waals surface area contributed by atoms with Gasteiger partial charge in [0, 0.05) is 11.6 Å². The first kappa shape index (κ1) is 15.6. The molecule has 1 heterocycles. The highest BCUT2D eigenvalue weighted by Gasteiger charge is 2.38. The highest BCUT2D eigenvalue weighted by atomic mass is 35.5. The predicted molar refractivity (Wildman–Crippen MR) is 78.0 cm³/mol. The number of sulfone groups is 1. The number of ether oxygens (including phenoxy) is 1. The Balaban J connectivity index is 1.81. The molecule has 1 aliphatic heterocycles. The Bertz CT molecular complexity index is 546. The van der Waals surface area contributed by atoms with Crippen LogP contribution in [-0.2, 0) is 9.84 Å². The molecule has 0 bridgehead atoms. The second kappa shape index (κ2) is 6.30. The predicted octanol–water partition coefficient (Wildman–Crippen LogP) is 0.808. The molecule has 1 aromatic carbocycles. The maximum absolute atomic E-state index is 11.5. The zero-order valence-electron chi connectivity index (χ0n) is 11.2. The number of hydrogen-bond acceptors (Lipinski definition) is 5. The van der Waals surface area contributed by atoms with E-state index in [-0.39, 0.29) is 17.5 Å². The van der Waals surface area contributed by atoms with Gasteiger partial charge in [0.05, 0.1) is 23.7 Å². The van der Waals surface area contributed by atoms with Gasteiger partial charge in [-0.25, -0.2) is 8.42 Å². The second-order valence-electron chi connectivity index (χ2n) is 4.99. The molecule has 20 heavy (non-hydrogen) atoms. The lowest BCUT2D eigenvalue weighted by atomic mass is 10.2. The zero-order valence-corrected chi connectivity index (χ0v) is 12.8. The SMILES string of the molecule is CN(CCOc1ccc(Cl)cc1)C1CS(=O)(=O)CC1O. The largest absolute Gasteiger partial charge is 0.492 e. The van der Waals surface area contributed by atoms with Gasteiger partial charge in [0.15, 0.2) is 9.84 Å². The molecule has 0 saturated carbocycles. The van der Waals surface area contributed by atoms with E-state index in [9.17, 15) is 13.5 Å². The molecular weight excluding hydrogens is 302 g/mol. The number of halogens is 1. The molecule has 0 aliphatic carbocycles. The normalized spacial score (nSPS) is 25.0. The standard InChI is InChI=1S/C13H18ClNO4S/c1-15(12-8-20(17,18)9-13(12)16)6-7-19-11-4-2-10(14)3-5-11/h2-5,12-13,16H,6-9H2,1H3. The lowest BCUT2D eigenvalue weighted by Crippen LogP contribution is -2.42. The zero-order chi connectivity index (χ0) is 14.8. The van der Waals surface area contributed by atoms with Gasteiger partial charge in [-0.2, -0.15) is 0 Å². The van der Waals surface area contributed by atoms with Crippen molar-refractivity contribution in [3.8, 4) is 5.75 Å². The summed E-state index contributed by atoms with van der Waals surface area (Å²) in [6, 6.07) is 6.68. The van der Waals surface area contributed by atoms with Crippen LogP contribution in [0.1, 0.15) is 0 Å². The lowest BCUT2D eigenvalue weighted by Gasteiger charge is -2.25. The summed E-state index contributed by atoms with van der Waals surface area (Å²) in [5.41, 5.74) is 0. The number of rotatable bonds is 5. The first-order valence-electron chi connectivity index (χ1n) is 6.34. The number of hydrogen-bond donors (Lipinski definition) is 1. The molecular formula is C13H18ClNO4S. The van der Waals surface area contributed by atoms with Crippen molar-refractivity contribution >= 4 is 21.4 Å². The van der Waals surface area contributed by atoms with Crippen molar-refractivity contribution < 1.29 is 18.3 Å². The van der Waals surface area contributed by atoms with E-state index in [0.717, 1.165) is 0 Å². The molecule has 2 unspecified atom stereocenters. The van der Waals surface area contributed by atoms with Crippen LogP contribution in [-0.4, -0.2) is 62.3 Å². The minimum Gasteiger partial charge on any atom is -0.492 e. The Labute approximate surface area is 124 Å². The van der Waals surface area contributed by atoms with Crippen LogP contribution >= 0.6 is 11.6 Å². The summed E-state index contributed by atoms with van der Waals surface area (Å²) in [6.45, 7) is 0.960. The monoisotopic (exact) mass is 319 g/mol. The van der Waals surface area contributed by atoms with Crippen LogP contribution in [0.5, 0.6) is 5.75 Å². The van der Waals surface area contributed by atoms with Gasteiger partial charge in [0.2, 0.25) is 0 Å². The van der Waals surface area contributed by atoms with Gasteiger partial charge in [-0.3, -0.25) is 4.90 Å². The maximum Gasteiger partial charge on any atom is 0.154 e. The van der Waals surface area contributed by atoms with E-state index in [4.69, 9.17) is 16.3 Å². The highest BCUT2D eigenvalue weighted by Crippen LogP contribution is 2.18. The van der Waals surface area contributed by atoms with E-state index in [0.29, 0.717) is 23.9 Å². The van der Waals surface area contributed by atoms with Crippen molar-refractivity contribution in [2.45, 2.75) is 12.1 Å². The Morgan fingerprint density at radius 2 is 2.00 bits per heavy atom. The van der Waals surface area contributed by atoms with Crippen molar-refractivity contribution in [3.63, 3.8) is 0 Å². The van der Waals surface area contributed by atoms with Gasteiger partial charge in [-0.15, -0.1) is 0 Å². The van der Waals surface area contributed by atoms with Gasteiger partial charge < -0.3 is 9.84 Å². The summed E-state index contributed by atoms with van der Waals surface area (Å²) < 4.78 is 28.5. The summed E-state index contributed by atoms with van der Waals surface area (Å²) in [5.74, 6) is 0.563. The summed E-state index contributed by atoms with van der Waals surface area (Å²) in [6.07, 6.45) is -0.819. The Hall–Kier alpha value is -0.820. The summed E-state index contributed by atoms with van der Waals surface area (Å²) in [4.78, 5) is 1.82. The third kappa shape index (κ3) is 4.09. The maximum atomic E-state index is 11.5. The average molecular weight is 320 g/mol. The first-order chi connectivity index (χ1) is 9.37. The van der Waals surface area contributed by atoms with Crippen LogP contribution in [0, 0.1) is 0 Å². The van der Waals surface area contributed by atoms with Gasteiger partial charge in [0.25, 0.3) is 0 Å². The van der Waals surface area contributed by atoms with Gasteiger partial charge in [-0.05, 0) is 31.3 Å². The molecule has 112 valence electrons. The van der Waals surface area contributed by atoms with Crippen LogP contribution in [0.15, 0.2) is 24.3 Å². The van der Waals surface area contributed by atoms with Crippen molar-refractivity contribution in [2.75, 3.05) is 31.7 Å². The van der Waals surface area contributed by atoms with Crippen LogP contribution < -0.4 is 4.74 Å². The molecule has 1 fully saturated rings. The molecule has 0 amide bonds. The fourth-order valence-electron chi connectivity index (χ4n) is 2.24. The Morgan fingerprint density at radius 1 is 1.35 bits per heavy atom. The number of aliphatic hydroxyl groups excluding tert-OH is 1. The number of aliphatic hydroxyl groups is 1. The number of nitrogens with zero attached hydrogens (tertiary/aromatic N) is 1. The van der Waals surface area contributed by atoms with Gasteiger partial charge >= 0.3 is 0 Å². The molecule has 5 nitrogen and oxygen atoms in total. The minimum atomic E-state index is -3.12. The minimum absolute atomic E-state index is 0.00557. The topological polar surface area (TPSA) is 66.8 Å². The van der Waals surface area contributed by atoms with Crippen molar-refractivity contribution in [2.24, 2.45) is 0 Å². The molecule has 1 aliphatic rings. The summed E-state index contributed by atoms with van der Waals surface area (Å²) in [5, 5.41) is 10.4. The molecule has 0 spiro atoms. The van der Waals surface area contributed by atoms with Crippen LogP contribution in [0.25, 0.3) is 0 Å². The molecule has 0 radical (unpaired) electrons. The van der Waals surface area contributed by atoms with Gasteiger partial charge in [0.1, 0.15) is 12.4 Å². The van der Waals surface area contributed by atoms with E-state index in [2.05, 4.69) is 0 Å². The van der Waals surface area contributed by atoms with Crippen LogP contribution in [0.3, 0.4) is 0 Å². The molecule has 7 heteroatoms. The van der Waals surface area contributed by atoms with E-state index in [1.165, 1.54) is 0 Å². The summed E-state index contributed by atoms with van der Waals surface area (Å²) >= 11 is 5.78. The van der Waals surface area contributed by atoms with Crippen LogP contribution in [0.2, 0.25) is 5.02 Å². The van der Waals surface area contributed by atoms with Crippen molar-refractivity contribution in [1.82, 2.24) is 4.90 Å². The number of benzene rings is 1. The van der Waals surface area contributed by atoms with E-state index in [1.807, 2.05) is 4.90 Å². The lowest BCUT2D eigenvalue weighted by molar-refractivity contribution is 0.0903. The Morgan fingerprint density at radius 3 is 2.55 bits per heavy atom. The van der Waals surface area contributed by atoms with Crippen LogP contribution in [0.4, 0.5) is 0 Å². The molecule has 2 atom stereocenters. The van der Waals surface area contributed by atoms with E-state index >= 15 is 0 Å². The van der Waals surface area contributed by atoms with Crippen molar-refractivity contribution in [1.29, 1.82) is 0 Å². The Kier molecular flexibility index (Phi) is 4.90. The fraction of sp³-hybridized carbons (Fsp3) is 0.538. The molecule has 0 aromatic heterocycles. The highest BCUT2D eigenvalue weighted by molar-refractivity contribution is 7.91. The quantitative estimate of drug-likeness (QED) is 0.870. The smallest absolute Gasteiger partial charge is 0.154 e. The van der Waals surface area contributed by atoms with Gasteiger partial charge in [-0.1, -0.05) is 11.6 Å². The summed E-state index contributed by atoms with van der Waals surface area (Å²) in [7, 11) is -1.33. The third-order valence-corrected chi connectivity index (χ3v) is 5.34. The van der Waals surface area contributed by atoms with E-state index in [1.54, 1.807) is 31.3 Å². The molecule has 1 N–H and O–H groups in total. The second-order valence-corrected chi connectivity index (χ2v) is 7.58. The average Bonchev–Trinajstić information content (AvgIpc) is 2.65. The molecule has 1 aromatic rings. The first-order valence-corrected chi connectivity index (χ1v) is 8.54. The molecule has 1 saturated heterocycles. The fourth-order valence-corrected chi connectivity index (χ4v) is 4.24. The molecule has 2 rings (SSSR count). The van der Waals surface area contributed by atoms with Crippen molar-refractivity contribution in [3.05, 3.63) is 29.3 Å². The third-order valence-electron chi connectivity index (χ3n) is 3.39. The number of likely N-dealkylation sites (N-methyl/N-ethyl adjacent to an activating group) is 1. The van der Waals surface area contributed by atoms with E-state index < -0.39 is 15.9 Å².